The Morgan fingerprint density at radius 2 is 1.67 bits per heavy atom. The highest BCUT2D eigenvalue weighted by atomic mass is 32.2. The molecule has 0 aromatic heterocycles. The first-order valence-electron chi connectivity index (χ1n) is 7.98. The fourth-order valence-electron chi connectivity index (χ4n) is 3.85. The molecule has 1 saturated heterocycles. The molecular weight excluding hydrogens is 282 g/mol. The van der Waals surface area contributed by atoms with Crippen LogP contribution in [0.5, 0.6) is 0 Å². The second-order valence-electron chi connectivity index (χ2n) is 7.17. The molecule has 0 N–H and O–H groups in total. The van der Waals surface area contributed by atoms with E-state index in [9.17, 15) is 8.42 Å². The van der Waals surface area contributed by atoms with Crippen LogP contribution in [0, 0.1) is 17.3 Å². The van der Waals surface area contributed by atoms with Crippen LogP contribution in [0.15, 0.2) is 35.2 Å². The summed E-state index contributed by atoms with van der Waals surface area (Å²) in [5.74, 6) is 1.59. The van der Waals surface area contributed by atoms with Gasteiger partial charge in [0.25, 0.3) is 0 Å². The summed E-state index contributed by atoms with van der Waals surface area (Å²) in [5.41, 5.74) is 0.271. The van der Waals surface area contributed by atoms with Gasteiger partial charge >= 0.3 is 0 Å². The molecule has 2 fully saturated rings. The zero-order valence-corrected chi connectivity index (χ0v) is 13.8. The van der Waals surface area contributed by atoms with Crippen LogP contribution in [0.3, 0.4) is 0 Å². The van der Waals surface area contributed by atoms with Gasteiger partial charge in [0.05, 0.1) is 4.90 Å². The van der Waals surface area contributed by atoms with Crippen LogP contribution in [0.2, 0.25) is 0 Å². The van der Waals surface area contributed by atoms with E-state index >= 15 is 0 Å². The van der Waals surface area contributed by atoms with Crippen LogP contribution in [0.1, 0.15) is 39.5 Å². The van der Waals surface area contributed by atoms with Crippen molar-refractivity contribution >= 4 is 10.0 Å². The van der Waals surface area contributed by atoms with Crippen molar-refractivity contribution in [1.29, 1.82) is 0 Å². The molecule has 1 aliphatic carbocycles. The second kappa shape index (κ2) is 5.40. The monoisotopic (exact) mass is 307 g/mol. The van der Waals surface area contributed by atoms with Crippen molar-refractivity contribution in [1.82, 2.24) is 4.31 Å². The highest BCUT2D eigenvalue weighted by molar-refractivity contribution is 7.89. The van der Waals surface area contributed by atoms with Crippen molar-refractivity contribution in [2.24, 2.45) is 17.3 Å². The lowest BCUT2D eigenvalue weighted by Crippen LogP contribution is -2.59. The number of nitrogens with zero attached hydrogens (tertiary/aromatic N) is 1. The molecular formula is C17H25NO2S. The van der Waals surface area contributed by atoms with Crippen molar-refractivity contribution in [2.75, 3.05) is 13.1 Å². The third-order valence-corrected chi connectivity index (χ3v) is 7.24. The predicted molar refractivity (Wildman–Crippen MR) is 84.4 cm³/mol. The molecule has 3 rings (SSSR count). The van der Waals surface area contributed by atoms with Crippen molar-refractivity contribution < 1.29 is 8.42 Å². The van der Waals surface area contributed by atoms with E-state index in [0.717, 1.165) is 24.9 Å². The Morgan fingerprint density at radius 3 is 2.19 bits per heavy atom. The molecule has 2 aliphatic rings. The Kier molecular flexibility index (Phi) is 3.87. The number of sulfonamides is 1. The number of benzene rings is 1. The molecule has 0 bridgehead atoms. The molecule has 1 saturated carbocycles. The topological polar surface area (TPSA) is 37.4 Å². The van der Waals surface area contributed by atoms with Gasteiger partial charge in [-0.2, -0.15) is 4.31 Å². The molecule has 0 amide bonds. The summed E-state index contributed by atoms with van der Waals surface area (Å²) in [6, 6.07) is 8.81. The summed E-state index contributed by atoms with van der Waals surface area (Å²) < 4.78 is 26.7. The molecule has 4 heteroatoms. The van der Waals surface area contributed by atoms with Crippen LogP contribution in [-0.2, 0) is 10.0 Å². The Balaban J connectivity index is 1.64. The van der Waals surface area contributed by atoms with Gasteiger partial charge in [-0.1, -0.05) is 32.0 Å². The van der Waals surface area contributed by atoms with Gasteiger partial charge in [-0.25, -0.2) is 8.42 Å². The van der Waals surface area contributed by atoms with E-state index in [2.05, 4.69) is 13.8 Å². The van der Waals surface area contributed by atoms with Crippen LogP contribution < -0.4 is 0 Å². The highest BCUT2D eigenvalue weighted by Crippen LogP contribution is 2.48. The zero-order valence-electron chi connectivity index (χ0n) is 13.0. The van der Waals surface area contributed by atoms with Crippen molar-refractivity contribution in [2.45, 2.75) is 44.4 Å². The Morgan fingerprint density at radius 1 is 1.10 bits per heavy atom. The molecule has 1 aliphatic heterocycles. The Labute approximate surface area is 128 Å². The molecule has 0 atom stereocenters. The maximum Gasteiger partial charge on any atom is 0.243 e. The zero-order chi connectivity index (χ0) is 15.1. The first-order chi connectivity index (χ1) is 9.93. The minimum atomic E-state index is -3.27. The summed E-state index contributed by atoms with van der Waals surface area (Å²) in [6.07, 6.45) is 4.90. The number of hydrogen-bond donors (Lipinski definition) is 0. The quantitative estimate of drug-likeness (QED) is 0.857. The molecule has 1 aromatic rings. The molecule has 0 unspecified atom stereocenters. The maximum absolute atomic E-state index is 12.5. The first-order valence-corrected chi connectivity index (χ1v) is 9.42. The standard InChI is InChI=1S/C17H25NO2S/c1-14(2)15-8-10-17(11-9-15)12-18(13-17)21(19,20)16-6-4-3-5-7-16/h3-7,14-15H,8-13H2,1-2H3. The van der Waals surface area contributed by atoms with E-state index in [1.807, 2.05) is 6.07 Å². The van der Waals surface area contributed by atoms with Gasteiger partial charge < -0.3 is 0 Å². The predicted octanol–water partition coefficient (Wildman–Crippen LogP) is 3.52. The van der Waals surface area contributed by atoms with Crippen molar-refractivity contribution in [3.05, 3.63) is 30.3 Å². The summed E-state index contributed by atoms with van der Waals surface area (Å²) in [7, 11) is -3.27. The minimum absolute atomic E-state index is 0.271. The fourth-order valence-corrected chi connectivity index (χ4v) is 5.54. The Bertz CT molecular complexity index is 578. The van der Waals surface area contributed by atoms with Gasteiger partial charge in [0.15, 0.2) is 0 Å². The molecule has 21 heavy (non-hydrogen) atoms. The van der Waals surface area contributed by atoms with E-state index in [0.29, 0.717) is 4.90 Å². The van der Waals surface area contributed by atoms with Gasteiger partial charge in [-0.3, -0.25) is 0 Å². The first kappa shape index (κ1) is 15.0. The van der Waals surface area contributed by atoms with E-state index in [-0.39, 0.29) is 5.41 Å². The minimum Gasteiger partial charge on any atom is -0.207 e. The smallest absolute Gasteiger partial charge is 0.207 e. The summed E-state index contributed by atoms with van der Waals surface area (Å²) in [6.45, 7) is 6.04. The average molecular weight is 307 g/mol. The van der Waals surface area contributed by atoms with E-state index in [1.165, 1.54) is 25.7 Å². The molecule has 1 heterocycles. The average Bonchev–Trinajstić information content (AvgIpc) is 2.45. The molecule has 1 aromatic carbocycles. The molecule has 0 radical (unpaired) electrons. The van der Waals surface area contributed by atoms with Gasteiger partial charge in [0.1, 0.15) is 0 Å². The SMILES string of the molecule is CC(C)C1CCC2(CC1)CN(S(=O)(=O)c1ccccc1)C2. The lowest BCUT2D eigenvalue weighted by Gasteiger charge is -2.53. The van der Waals surface area contributed by atoms with Crippen molar-refractivity contribution in [3.8, 4) is 0 Å². The molecule has 1 spiro atoms. The number of rotatable bonds is 3. The lowest BCUT2D eigenvalue weighted by atomic mass is 9.65. The summed E-state index contributed by atoms with van der Waals surface area (Å²) >= 11 is 0. The van der Waals surface area contributed by atoms with Gasteiger partial charge in [-0.05, 0) is 55.1 Å². The largest absolute Gasteiger partial charge is 0.243 e. The lowest BCUT2D eigenvalue weighted by molar-refractivity contribution is 0.00822. The Hall–Kier alpha value is -0.870. The fraction of sp³-hybridized carbons (Fsp3) is 0.647. The highest BCUT2D eigenvalue weighted by Gasteiger charge is 2.49. The summed E-state index contributed by atoms with van der Waals surface area (Å²) in [5, 5.41) is 0. The van der Waals surface area contributed by atoms with E-state index in [4.69, 9.17) is 0 Å². The second-order valence-corrected chi connectivity index (χ2v) is 9.11. The van der Waals surface area contributed by atoms with Crippen LogP contribution in [0.25, 0.3) is 0 Å². The van der Waals surface area contributed by atoms with E-state index in [1.54, 1.807) is 28.6 Å². The summed E-state index contributed by atoms with van der Waals surface area (Å²) in [4.78, 5) is 0.427. The normalized spacial score (nSPS) is 23.4. The maximum atomic E-state index is 12.5. The number of hydrogen-bond acceptors (Lipinski definition) is 2. The van der Waals surface area contributed by atoms with Crippen molar-refractivity contribution in [3.63, 3.8) is 0 Å². The van der Waals surface area contributed by atoms with Crippen LogP contribution in [-0.4, -0.2) is 25.8 Å². The molecule has 116 valence electrons. The van der Waals surface area contributed by atoms with Gasteiger partial charge in [-0.15, -0.1) is 0 Å². The van der Waals surface area contributed by atoms with Gasteiger partial charge in [0, 0.05) is 13.1 Å². The third kappa shape index (κ3) is 2.76. The third-order valence-electron chi connectivity index (χ3n) is 5.44. The molecule has 3 nitrogen and oxygen atoms in total. The van der Waals surface area contributed by atoms with E-state index < -0.39 is 10.0 Å². The van der Waals surface area contributed by atoms with Gasteiger partial charge in [0.2, 0.25) is 10.0 Å². The van der Waals surface area contributed by atoms with Crippen LogP contribution in [0.4, 0.5) is 0 Å². The van der Waals surface area contributed by atoms with Crippen LogP contribution >= 0.6 is 0 Å².